The molecule has 0 saturated carbocycles. The zero-order chi connectivity index (χ0) is 9.30. The molecule has 5 heteroatoms. The fraction of sp³-hybridized carbons (Fsp3) is 0.286. The van der Waals surface area contributed by atoms with Gasteiger partial charge in [-0.15, -0.1) is 0 Å². The van der Waals surface area contributed by atoms with Crippen molar-refractivity contribution in [2.24, 2.45) is 0 Å². The molecule has 0 atom stereocenters. The number of aryl methyl sites for hydroxylation is 1. The fourth-order valence-electron chi connectivity index (χ4n) is 0.717. The fourth-order valence-corrected chi connectivity index (χ4v) is 1.66. The third-order valence-corrected chi connectivity index (χ3v) is 3.27. The summed E-state index contributed by atoms with van der Waals surface area (Å²) in [6, 6.07) is 0. The Morgan fingerprint density at radius 2 is 2.17 bits per heavy atom. The first-order valence-corrected chi connectivity index (χ1v) is 4.58. The van der Waals surface area contributed by atoms with E-state index in [1.807, 2.05) is 0 Å². The molecule has 1 nitrogen and oxygen atoms in total. The van der Waals surface area contributed by atoms with E-state index >= 15 is 0 Å². The Morgan fingerprint density at radius 3 is 2.67 bits per heavy atom. The first-order chi connectivity index (χ1) is 5.54. The summed E-state index contributed by atoms with van der Waals surface area (Å²) in [4.78, 5) is 3.60. The average molecular weight is 303 g/mol. The number of alkyl halides is 2. The van der Waals surface area contributed by atoms with Crippen LogP contribution in [0.3, 0.4) is 0 Å². The summed E-state index contributed by atoms with van der Waals surface area (Å²) in [5, 5.41) is 0.362. The highest BCUT2D eigenvalue weighted by atomic mass is 127. The number of halogens is 4. The molecule has 1 heterocycles. The van der Waals surface area contributed by atoms with Gasteiger partial charge in [-0.05, 0) is 35.1 Å². The van der Waals surface area contributed by atoms with E-state index < -0.39 is 6.43 Å². The van der Waals surface area contributed by atoms with Gasteiger partial charge in [-0.3, -0.25) is 4.98 Å². The highest BCUT2D eigenvalue weighted by Crippen LogP contribution is 2.29. The highest BCUT2D eigenvalue weighted by Gasteiger charge is 2.16. The Morgan fingerprint density at radius 1 is 1.58 bits per heavy atom. The lowest BCUT2D eigenvalue weighted by atomic mass is 10.3. The Kier molecular flexibility index (Phi) is 3.22. The lowest BCUT2D eigenvalue weighted by Crippen LogP contribution is -1.96. The Hall–Kier alpha value is 0.0300. The molecule has 0 aliphatic heterocycles. The third kappa shape index (κ3) is 1.85. The lowest BCUT2D eigenvalue weighted by Gasteiger charge is -2.05. The minimum absolute atomic E-state index is 0.244. The zero-order valence-electron chi connectivity index (χ0n) is 6.11. The molecule has 0 saturated heterocycles. The topological polar surface area (TPSA) is 12.9 Å². The molecule has 0 aromatic carbocycles. The molecule has 0 aliphatic carbocycles. The van der Waals surface area contributed by atoms with Crippen LogP contribution in [0.5, 0.6) is 0 Å². The molecular weight excluding hydrogens is 298 g/mol. The monoisotopic (exact) mass is 303 g/mol. The second-order valence-corrected chi connectivity index (χ2v) is 3.71. The number of hydrogen-bond donors (Lipinski definition) is 0. The smallest absolute Gasteiger partial charge is 0.254 e. The van der Waals surface area contributed by atoms with Crippen molar-refractivity contribution in [3.63, 3.8) is 0 Å². The molecule has 0 amide bonds. The minimum atomic E-state index is -2.56. The Bertz CT molecular complexity index is 304. The van der Waals surface area contributed by atoms with Crippen molar-refractivity contribution >= 4 is 34.2 Å². The van der Waals surface area contributed by atoms with E-state index in [-0.39, 0.29) is 5.69 Å². The van der Waals surface area contributed by atoms with Gasteiger partial charge < -0.3 is 0 Å². The summed E-state index contributed by atoms with van der Waals surface area (Å²) < 4.78 is 24.8. The van der Waals surface area contributed by atoms with Crippen molar-refractivity contribution in [1.82, 2.24) is 4.98 Å². The number of nitrogens with zero attached hydrogens (tertiary/aromatic N) is 1. The molecule has 1 aromatic rings. The molecule has 66 valence electrons. The van der Waals surface area contributed by atoms with Crippen LogP contribution >= 0.6 is 34.2 Å². The molecule has 0 unspecified atom stereocenters. The number of rotatable bonds is 1. The van der Waals surface area contributed by atoms with Gasteiger partial charge in [0.1, 0.15) is 5.69 Å². The molecule has 0 spiro atoms. The van der Waals surface area contributed by atoms with E-state index in [4.69, 9.17) is 11.6 Å². The first-order valence-electron chi connectivity index (χ1n) is 3.12. The maximum absolute atomic E-state index is 12.2. The molecular formula is C7H5ClF2IN. The quantitative estimate of drug-likeness (QED) is 0.723. The van der Waals surface area contributed by atoms with Crippen molar-refractivity contribution in [2.75, 3.05) is 0 Å². The van der Waals surface area contributed by atoms with Gasteiger partial charge in [-0.2, -0.15) is 0 Å². The van der Waals surface area contributed by atoms with Gasteiger partial charge in [0.15, 0.2) is 0 Å². The molecule has 0 N–H and O–H groups in total. The van der Waals surface area contributed by atoms with Crippen LogP contribution in [-0.2, 0) is 0 Å². The number of pyridine rings is 1. The summed E-state index contributed by atoms with van der Waals surface area (Å²) in [5.41, 5.74) is 0.469. The van der Waals surface area contributed by atoms with Gasteiger partial charge in [-0.1, -0.05) is 11.6 Å². The first kappa shape index (κ1) is 10.1. The van der Waals surface area contributed by atoms with E-state index in [1.54, 1.807) is 29.5 Å². The van der Waals surface area contributed by atoms with Crippen molar-refractivity contribution in [2.45, 2.75) is 13.3 Å². The molecule has 0 aliphatic rings. The van der Waals surface area contributed by atoms with Crippen LogP contribution in [0.15, 0.2) is 6.20 Å². The lowest BCUT2D eigenvalue weighted by molar-refractivity contribution is 0.145. The van der Waals surface area contributed by atoms with Crippen LogP contribution in [0.25, 0.3) is 0 Å². The van der Waals surface area contributed by atoms with E-state index in [1.165, 1.54) is 6.20 Å². The van der Waals surface area contributed by atoms with Gasteiger partial charge >= 0.3 is 0 Å². The van der Waals surface area contributed by atoms with Crippen molar-refractivity contribution < 1.29 is 8.78 Å². The normalized spacial score (nSPS) is 10.8. The van der Waals surface area contributed by atoms with Crippen LogP contribution in [0, 0.1) is 10.5 Å². The summed E-state index contributed by atoms with van der Waals surface area (Å²) >= 11 is 7.52. The zero-order valence-corrected chi connectivity index (χ0v) is 9.03. The Balaban J connectivity index is 3.27. The minimum Gasteiger partial charge on any atom is -0.254 e. The molecule has 1 aromatic heterocycles. The van der Waals surface area contributed by atoms with Crippen LogP contribution < -0.4 is 0 Å². The highest BCUT2D eigenvalue weighted by molar-refractivity contribution is 14.1. The molecule has 0 radical (unpaired) electrons. The summed E-state index contributed by atoms with van der Waals surface area (Å²) in [5.74, 6) is 0. The maximum atomic E-state index is 12.2. The summed E-state index contributed by atoms with van der Waals surface area (Å²) in [7, 11) is 0. The predicted molar refractivity (Wildman–Crippen MR) is 51.7 cm³/mol. The molecule has 12 heavy (non-hydrogen) atoms. The SMILES string of the molecule is Cc1cnc(C(F)F)c(I)c1Cl. The van der Waals surface area contributed by atoms with Crippen LogP contribution in [0.4, 0.5) is 8.78 Å². The van der Waals surface area contributed by atoms with Crippen LogP contribution in [0.2, 0.25) is 5.02 Å². The molecule has 0 fully saturated rings. The predicted octanol–water partition coefficient (Wildman–Crippen LogP) is 3.59. The standard InChI is InChI=1S/C7H5ClF2IN/c1-3-2-12-6(7(9)10)5(11)4(3)8/h2,7H,1H3. The largest absolute Gasteiger partial charge is 0.281 e. The van der Waals surface area contributed by atoms with Crippen molar-refractivity contribution in [1.29, 1.82) is 0 Å². The second-order valence-electron chi connectivity index (χ2n) is 2.26. The van der Waals surface area contributed by atoms with Gasteiger partial charge in [0.05, 0.1) is 8.59 Å². The van der Waals surface area contributed by atoms with Gasteiger partial charge in [0.25, 0.3) is 6.43 Å². The van der Waals surface area contributed by atoms with E-state index in [2.05, 4.69) is 4.98 Å². The number of aromatic nitrogens is 1. The van der Waals surface area contributed by atoms with E-state index in [0.29, 0.717) is 14.2 Å². The molecule has 1 rings (SSSR count). The van der Waals surface area contributed by atoms with E-state index in [9.17, 15) is 8.78 Å². The molecule has 0 bridgehead atoms. The summed E-state index contributed by atoms with van der Waals surface area (Å²) in [6.07, 6.45) is -1.21. The van der Waals surface area contributed by atoms with Crippen molar-refractivity contribution in [3.05, 3.63) is 26.0 Å². The Labute approximate surface area is 87.3 Å². The third-order valence-electron chi connectivity index (χ3n) is 1.37. The van der Waals surface area contributed by atoms with Gasteiger partial charge in [0.2, 0.25) is 0 Å². The average Bonchev–Trinajstić information content (AvgIpc) is 2.00. The van der Waals surface area contributed by atoms with Gasteiger partial charge in [0, 0.05) is 6.20 Å². The van der Waals surface area contributed by atoms with Crippen LogP contribution in [-0.4, -0.2) is 4.98 Å². The summed E-state index contributed by atoms with van der Waals surface area (Å²) in [6.45, 7) is 1.73. The van der Waals surface area contributed by atoms with Crippen molar-refractivity contribution in [3.8, 4) is 0 Å². The van der Waals surface area contributed by atoms with E-state index in [0.717, 1.165) is 0 Å². The maximum Gasteiger partial charge on any atom is 0.281 e. The number of hydrogen-bond acceptors (Lipinski definition) is 1. The van der Waals surface area contributed by atoms with Crippen LogP contribution in [0.1, 0.15) is 17.7 Å². The van der Waals surface area contributed by atoms with Gasteiger partial charge in [-0.25, -0.2) is 8.78 Å². The second kappa shape index (κ2) is 3.83.